The summed E-state index contributed by atoms with van der Waals surface area (Å²) in [6.07, 6.45) is -3.62. The summed E-state index contributed by atoms with van der Waals surface area (Å²) in [4.78, 5) is 12.4. The third-order valence-electron chi connectivity index (χ3n) is 3.96. The number of aliphatic hydroxyl groups is 4. The van der Waals surface area contributed by atoms with Crippen molar-refractivity contribution in [3.63, 3.8) is 0 Å². The molecule has 0 bridgehead atoms. The number of ether oxygens (including phenoxy) is 1. The van der Waals surface area contributed by atoms with Crippen molar-refractivity contribution in [3.8, 4) is 5.75 Å². The van der Waals surface area contributed by atoms with Crippen LogP contribution in [-0.2, 0) is 0 Å². The Hall–Kier alpha value is -1.71. The van der Waals surface area contributed by atoms with E-state index in [0.717, 1.165) is 0 Å². The zero-order valence-corrected chi connectivity index (χ0v) is 12.4. The second kappa shape index (κ2) is 7.71. The van der Waals surface area contributed by atoms with E-state index < -0.39 is 30.3 Å². The van der Waals surface area contributed by atoms with Crippen molar-refractivity contribution < 1.29 is 35.1 Å². The maximum Gasteiger partial charge on any atom is 0.335 e. The minimum absolute atomic E-state index is 0.116. The maximum absolute atomic E-state index is 10.8. The highest BCUT2D eigenvalue weighted by atomic mass is 16.5. The van der Waals surface area contributed by atoms with Crippen LogP contribution >= 0.6 is 0 Å². The van der Waals surface area contributed by atoms with Crippen molar-refractivity contribution in [3.05, 3.63) is 29.8 Å². The summed E-state index contributed by atoms with van der Waals surface area (Å²) in [5.41, 5.74) is 0.161. The number of hydrogen-bond acceptors (Lipinski definition) is 7. The molecule has 0 spiro atoms. The number of carboxylic acids is 1. The minimum Gasteiger partial charge on any atom is -0.492 e. The molecule has 4 atom stereocenters. The van der Waals surface area contributed by atoms with E-state index in [1.807, 2.05) is 0 Å². The molecule has 0 saturated carbocycles. The summed E-state index contributed by atoms with van der Waals surface area (Å²) in [5, 5.41) is 47.3. The lowest BCUT2D eigenvalue weighted by atomic mass is 9.94. The third-order valence-corrected chi connectivity index (χ3v) is 3.96. The summed E-state index contributed by atoms with van der Waals surface area (Å²) in [5.74, 6) is -0.522. The highest BCUT2D eigenvalue weighted by Gasteiger charge is 2.40. The standard InChI is InChI=1S/C15H21NO7/c17-8-11-13(19)14(20)12(18)7-16(11)5-6-23-10-3-1-9(2-4-10)15(21)22/h1-4,11-14,17-20H,5-8H2,(H,21,22). The van der Waals surface area contributed by atoms with Crippen molar-refractivity contribution in [2.45, 2.75) is 24.4 Å². The van der Waals surface area contributed by atoms with E-state index in [4.69, 9.17) is 9.84 Å². The summed E-state index contributed by atoms with van der Waals surface area (Å²) in [6.45, 7) is 0.314. The molecule has 0 amide bonds. The van der Waals surface area contributed by atoms with Crippen LogP contribution in [0.1, 0.15) is 10.4 Å². The molecule has 0 aromatic heterocycles. The highest BCUT2D eigenvalue weighted by molar-refractivity contribution is 5.87. The average molecular weight is 327 g/mol. The number of piperidine rings is 1. The van der Waals surface area contributed by atoms with Crippen LogP contribution in [0, 0.1) is 0 Å². The van der Waals surface area contributed by atoms with Gasteiger partial charge in [0.1, 0.15) is 24.6 Å². The molecular weight excluding hydrogens is 306 g/mol. The zero-order chi connectivity index (χ0) is 17.0. The van der Waals surface area contributed by atoms with E-state index in [1.54, 1.807) is 4.90 Å². The predicted molar refractivity (Wildman–Crippen MR) is 79.4 cm³/mol. The van der Waals surface area contributed by atoms with Gasteiger partial charge in [0.2, 0.25) is 0 Å². The fraction of sp³-hybridized carbons (Fsp3) is 0.533. The van der Waals surface area contributed by atoms with Crippen LogP contribution in [-0.4, -0.2) is 87.1 Å². The molecule has 0 aliphatic carbocycles. The number of aliphatic hydroxyl groups excluding tert-OH is 4. The minimum atomic E-state index is -1.28. The number of carbonyl (C=O) groups is 1. The monoisotopic (exact) mass is 327 g/mol. The molecule has 128 valence electrons. The first-order valence-electron chi connectivity index (χ1n) is 7.29. The molecule has 1 aromatic rings. The van der Waals surface area contributed by atoms with E-state index in [0.29, 0.717) is 12.3 Å². The van der Waals surface area contributed by atoms with Crippen LogP contribution in [0.15, 0.2) is 24.3 Å². The van der Waals surface area contributed by atoms with Gasteiger partial charge in [-0.25, -0.2) is 4.79 Å². The van der Waals surface area contributed by atoms with Gasteiger partial charge in [-0.2, -0.15) is 0 Å². The van der Waals surface area contributed by atoms with E-state index in [1.165, 1.54) is 24.3 Å². The highest BCUT2D eigenvalue weighted by Crippen LogP contribution is 2.19. The largest absolute Gasteiger partial charge is 0.492 e. The molecule has 1 aliphatic heterocycles. The van der Waals surface area contributed by atoms with Gasteiger partial charge in [-0.05, 0) is 24.3 Å². The number of rotatable bonds is 6. The summed E-state index contributed by atoms with van der Waals surface area (Å²) in [7, 11) is 0. The molecule has 0 radical (unpaired) electrons. The molecule has 1 saturated heterocycles. The topological polar surface area (TPSA) is 131 Å². The van der Waals surface area contributed by atoms with Gasteiger partial charge in [0.25, 0.3) is 0 Å². The van der Waals surface area contributed by atoms with Crippen molar-refractivity contribution in [2.24, 2.45) is 0 Å². The third kappa shape index (κ3) is 4.18. The fourth-order valence-corrected chi connectivity index (χ4v) is 2.61. The maximum atomic E-state index is 10.8. The first-order valence-corrected chi connectivity index (χ1v) is 7.29. The lowest BCUT2D eigenvalue weighted by molar-refractivity contribution is -0.146. The van der Waals surface area contributed by atoms with Crippen molar-refractivity contribution in [1.29, 1.82) is 0 Å². The van der Waals surface area contributed by atoms with Gasteiger partial charge < -0.3 is 30.3 Å². The van der Waals surface area contributed by atoms with Crippen LogP contribution in [0.25, 0.3) is 0 Å². The molecule has 8 heteroatoms. The van der Waals surface area contributed by atoms with Crippen LogP contribution < -0.4 is 4.74 Å². The SMILES string of the molecule is O=C(O)c1ccc(OCCN2CC(O)C(O)C(O)C2CO)cc1. The van der Waals surface area contributed by atoms with E-state index in [2.05, 4.69) is 0 Å². The molecular formula is C15H21NO7. The van der Waals surface area contributed by atoms with Gasteiger partial charge in [0, 0.05) is 13.1 Å². The van der Waals surface area contributed by atoms with E-state index in [9.17, 15) is 25.2 Å². The fourth-order valence-electron chi connectivity index (χ4n) is 2.61. The number of likely N-dealkylation sites (tertiary alicyclic amines) is 1. The Morgan fingerprint density at radius 3 is 2.39 bits per heavy atom. The zero-order valence-electron chi connectivity index (χ0n) is 12.4. The Bertz CT molecular complexity index is 521. The normalized spacial score (nSPS) is 28.5. The van der Waals surface area contributed by atoms with Gasteiger partial charge in [0.05, 0.1) is 24.3 Å². The number of hydrogen-bond donors (Lipinski definition) is 5. The predicted octanol–water partition coefficient (Wildman–Crippen LogP) is -1.48. The van der Waals surface area contributed by atoms with Gasteiger partial charge in [-0.1, -0.05) is 0 Å². The smallest absolute Gasteiger partial charge is 0.335 e. The van der Waals surface area contributed by atoms with Crippen LogP contribution in [0.3, 0.4) is 0 Å². The quantitative estimate of drug-likeness (QED) is 0.428. The van der Waals surface area contributed by atoms with Gasteiger partial charge in [-0.3, -0.25) is 4.90 Å². The Balaban J connectivity index is 1.88. The second-order valence-electron chi connectivity index (χ2n) is 5.47. The van der Waals surface area contributed by atoms with Crippen molar-refractivity contribution in [1.82, 2.24) is 4.90 Å². The summed E-state index contributed by atoms with van der Waals surface area (Å²) in [6, 6.07) is 5.26. The van der Waals surface area contributed by atoms with Crippen LogP contribution in [0.4, 0.5) is 0 Å². The lowest BCUT2D eigenvalue weighted by Crippen LogP contribution is -2.63. The molecule has 2 rings (SSSR count). The Morgan fingerprint density at radius 1 is 1.17 bits per heavy atom. The van der Waals surface area contributed by atoms with Gasteiger partial charge in [-0.15, -0.1) is 0 Å². The van der Waals surface area contributed by atoms with Gasteiger partial charge in [0.15, 0.2) is 0 Å². The number of β-amino-alcohol motifs (C(OH)–C–C–N with tert-alkyl or cyclic N) is 1. The van der Waals surface area contributed by atoms with Crippen molar-refractivity contribution >= 4 is 5.97 Å². The lowest BCUT2D eigenvalue weighted by Gasteiger charge is -2.42. The van der Waals surface area contributed by atoms with Crippen molar-refractivity contribution in [2.75, 3.05) is 26.3 Å². The first kappa shape index (κ1) is 17.6. The molecule has 1 aliphatic rings. The Kier molecular flexibility index (Phi) is 5.91. The molecule has 1 fully saturated rings. The number of carboxylic acid groups (broad SMARTS) is 1. The number of aromatic carboxylic acids is 1. The molecule has 4 unspecified atom stereocenters. The molecule has 8 nitrogen and oxygen atoms in total. The molecule has 1 heterocycles. The second-order valence-corrected chi connectivity index (χ2v) is 5.47. The van der Waals surface area contributed by atoms with E-state index in [-0.39, 0.29) is 25.3 Å². The van der Waals surface area contributed by atoms with Gasteiger partial charge >= 0.3 is 5.97 Å². The molecule has 1 aromatic carbocycles. The molecule has 23 heavy (non-hydrogen) atoms. The number of benzene rings is 1. The molecule has 5 N–H and O–H groups in total. The summed E-state index contributed by atoms with van der Waals surface area (Å²) < 4.78 is 5.49. The van der Waals surface area contributed by atoms with Crippen LogP contribution in [0.5, 0.6) is 5.75 Å². The Labute approximate surface area is 133 Å². The summed E-state index contributed by atoms with van der Waals surface area (Å²) >= 11 is 0. The first-order chi connectivity index (χ1) is 10.9. The van der Waals surface area contributed by atoms with Crippen LogP contribution in [0.2, 0.25) is 0 Å². The average Bonchev–Trinajstić information content (AvgIpc) is 2.53. The Morgan fingerprint density at radius 2 is 1.83 bits per heavy atom. The van der Waals surface area contributed by atoms with E-state index >= 15 is 0 Å². The number of nitrogens with zero attached hydrogens (tertiary/aromatic N) is 1.